The number of carbonyl (C=O) groups is 2. The molecule has 2 amide bonds. The molecule has 0 saturated carbocycles. The first kappa shape index (κ1) is 22.6. The third-order valence-electron chi connectivity index (χ3n) is 5.95. The molecule has 2 heterocycles. The van der Waals surface area contributed by atoms with Crippen LogP contribution in [0.3, 0.4) is 0 Å². The summed E-state index contributed by atoms with van der Waals surface area (Å²) in [7, 11) is 1.29. The third-order valence-corrected chi connectivity index (χ3v) is 5.95. The number of nitrogens with zero attached hydrogens (tertiary/aromatic N) is 1. The van der Waals surface area contributed by atoms with Gasteiger partial charge >= 0.3 is 6.61 Å². The molecule has 0 radical (unpaired) electrons. The standard InChI is InChI=1S/C24H25F2N3O4/c1-32-21-12-16(6-7-20(21)33-24(25)26)23(31)28-14-22(30)29-10-8-15(9-11-29)18-13-27-19-5-3-2-4-17(18)19/h2-7,12-13,15,24,27H,8-11,14H2,1H3,(H,28,31). The van der Waals surface area contributed by atoms with Crippen LogP contribution in [0.15, 0.2) is 48.7 Å². The number of fused-ring (bicyclic) bond motifs is 1. The van der Waals surface area contributed by atoms with Gasteiger partial charge in [0.2, 0.25) is 5.91 Å². The van der Waals surface area contributed by atoms with Crippen molar-refractivity contribution in [3.8, 4) is 11.5 Å². The number of amides is 2. The Bertz CT molecular complexity index is 1140. The number of H-pyrrole nitrogens is 1. The Labute approximate surface area is 189 Å². The molecule has 0 spiro atoms. The van der Waals surface area contributed by atoms with E-state index in [0.717, 1.165) is 18.4 Å². The number of benzene rings is 2. The van der Waals surface area contributed by atoms with Crippen molar-refractivity contribution in [2.45, 2.75) is 25.4 Å². The number of piperidine rings is 1. The van der Waals surface area contributed by atoms with Crippen LogP contribution in [0, 0.1) is 0 Å². The van der Waals surface area contributed by atoms with E-state index in [9.17, 15) is 18.4 Å². The van der Waals surface area contributed by atoms with Crippen LogP contribution in [-0.4, -0.2) is 55.1 Å². The second kappa shape index (κ2) is 9.89. The minimum absolute atomic E-state index is 0.00799. The first-order valence-electron chi connectivity index (χ1n) is 10.7. The van der Waals surface area contributed by atoms with Gasteiger partial charge < -0.3 is 24.7 Å². The van der Waals surface area contributed by atoms with Gasteiger partial charge in [-0.1, -0.05) is 18.2 Å². The Kier molecular flexibility index (Phi) is 6.76. The van der Waals surface area contributed by atoms with Gasteiger partial charge in [-0.15, -0.1) is 0 Å². The molecule has 1 aliphatic heterocycles. The van der Waals surface area contributed by atoms with Crippen molar-refractivity contribution in [2.24, 2.45) is 0 Å². The largest absolute Gasteiger partial charge is 0.493 e. The zero-order valence-corrected chi connectivity index (χ0v) is 18.1. The van der Waals surface area contributed by atoms with Crippen LogP contribution in [0.25, 0.3) is 10.9 Å². The van der Waals surface area contributed by atoms with Crippen molar-refractivity contribution in [3.63, 3.8) is 0 Å². The van der Waals surface area contributed by atoms with Gasteiger partial charge in [0.25, 0.3) is 5.91 Å². The monoisotopic (exact) mass is 457 g/mol. The van der Waals surface area contributed by atoms with E-state index in [1.54, 1.807) is 4.90 Å². The molecule has 0 atom stereocenters. The van der Waals surface area contributed by atoms with E-state index in [1.165, 1.54) is 36.3 Å². The molecule has 7 nitrogen and oxygen atoms in total. The lowest BCUT2D eigenvalue weighted by molar-refractivity contribution is -0.131. The first-order chi connectivity index (χ1) is 16.0. The quantitative estimate of drug-likeness (QED) is 0.564. The van der Waals surface area contributed by atoms with E-state index in [1.807, 2.05) is 12.1 Å². The van der Waals surface area contributed by atoms with Gasteiger partial charge in [-0.25, -0.2) is 0 Å². The van der Waals surface area contributed by atoms with Gasteiger partial charge in [0.15, 0.2) is 11.5 Å². The molecule has 2 N–H and O–H groups in total. The number of aromatic amines is 1. The van der Waals surface area contributed by atoms with Gasteiger partial charge in [0.05, 0.1) is 13.7 Å². The second-order valence-corrected chi connectivity index (χ2v) is 7.87. The summed E-state index contributed by atoms with van der Waals surface area (Å²) < 4.78 is 34.3. The van der Waals surface area contributed by atoms with Crippen molar-refractivity contribution in [1.29, 1.82) is 0 Å². The number of alkyl halides is 2. The van der Waals surface area contributed by atoms with Crippen molar-refractivity contribution >= 4 is 22.7 Å². The Morgan fingerprint density at radius 1 is 1.15 bits per heavy atom. The highest BCUT2D eigenvalue weighted by Crippen LogP contribution is 2.33. The van der Waals surface area contributed by atoms with Gasteiger partial charge in [0.1, 0.15) is 0 Å². The number of halogens is 2. The summed E-state index contributed by atoms with van der Waals surface area (Å²) >= 11 is 0. The molecular weight excluding hydrogens is 432 g/mol. The molecule has 33 heavy (non-hydrogen) atoms. The number of hydrogen-bond acceptors (Lipinski definition) is 4. The predicted octanol–water partition coefficient (Wildman–Crippen LogP) is 3.91. The maximum atomic E-state index is 12.6. The lowest BCUT2D eigenvalue weighted by Gasteiger charge is -2.32. The minimum Gasteiger partial charge on any atom is -0.493 e. The van der Waals surface area contributed by atoms with Gasteiger partial charge in [-0.3, -0.25) is 9.59 Å². The lowest BCUT2D eigenvalue weighted by atomic mass is 9.89. The van der Waals surface area contributed by atoms with Crippen LogP contribution >= 0.6 is 0 Å². The molecule has 9 heteroatoms. The van der Waals surface area contributed by atoms with Crippen LogP contribution in [0.4, 0.5) is 8.78 Å². The molecule has 1 aliphatic rings. The van der Waals surface area contributed by atoms with Gasteiger partial charge in [-0.2, -0.15) is 8.78 Å². The number of ether oxygens (including phenoxy) is 2. The highest BCUT2D eigenvalue weighted by molar-refractivity contribution is 5.97. The van der Waals surface area contributed by atoms with E-state index in [-0.39, 0.29) is 29.5 Å². The number of nitrogens with one attached hydrogen (secondary N) is 2. The number of carbonyl (C=O) groups excluding carboxylic acids is 2. The van der Waals surface area contributed by atoms with E-state index < -0.39 is 12.5 Å². The summed E-state index contributed by atoms with van der Waals surface area (Å²) in [5.74, 6) is -0.447. The van der Waals surface area contributed by atoms with Crippen molar-refractivity contribution in [3.05, 3.63) is 59.8 Å². The lowest BCUT2D eigenvalue weighted by Crippen LogP contribution is -2.43. The summed E-state index contributed by atoms with van der Waals surface area (Å²) in [5, 5.41) is 3.81. The summed E-state index contributed by atoms with van der Waals surface area (Å²) in [6.45, 7) is -1.91. The molecule has 1 aromatic heterocycles. The maximum absolute atomic E-state index is 12.6. The Balaban J connectivity index is 1.30. The summed E-state index contributed by atoms with van der Waals surface area (Å²) in [4.78, 5) is 30.1. The highest BCUT2D eigenvalue weighted by Gasteiger charge is 2.25. The SMILES string of the molecule is COc1cc(C(=O)NCC(=O)N2CCC(c3c[nH]c4ccccc34)CC2)ccc1OC(F)F. The minimum atomic E-state index is -3.00. The van der Waals surface area contributed by atoms with Gasteiger partial charge in [-0.05, 0) is 48.6 Å². The smallest absolute Gasteiger partial charge is 0.387 e. The van der Waals surface area contributed by atoms with Crippen molar-refractivity contribution in [2.75, 3.05) is 26.7 Å². The zero-order valence-electron chi connectivity index (χ0n) is 18.1. The maximum Gasteiger partial charge on any atom is 0.387 e. The third kappa shape index (κ3) is 5.08. The first-order valence-corrected chi connectivity index (χ1v) is 10.7. The summed E-state index contributed by atoms with van der Waals surface area (Å²) in [5.41, 5.74) is 2.57. The second-order valence-electron chi connectivity index (χ2n) is 7.87. The molecule has 2 aromatic carbocycles. The summed E-state index contributed by atoms with van der Waals surface area (Å²) in [6, 6.07) is 12.1. The topological polar surface area (TPSA) is 83.7 Å². The van der Waals surface area contributed by atoms with Crippen LogP contribution in [-0.2, 0) is 4.79 Å². The number of rotatable bonds is 7. The fraction of sp³-hybridized carbons (Fsp3) is 0.333. The van der Waals surface area contributed by atoms with Crippen LogP contribution in [0.1, 0.15) is 34.7 Å². The zero-order chi connectivity index (χ0) is 23.4. The van der Waals surface area contributed by atoms with E-state index in [4.69, 9.17) is 4.74 Å². The van der Waals surface area contributed by atoms with Crippen molar-refractivity contribution in [1.82, 2.24) is 15.2 Å². The number of para-hydroxylation sites is 1. The van der Waals surface area contributed by atoms with Crippen LogP contribution < -0.4 is 14.8 Å². The number of hydrogen-bond donors (Lipinski definition) is 2. The molecule has 1 fully saturated rings. The molecule has 0 unspecified atom stereocenters. The molecule has 0 aliphatic carbocycles. The normalized spacial score (nSPS) is 14.5. The molecular formula is C24H25F2N3O4. The van der Waals surface area contributed by atoms with E-state index in [0.29, 0.717) is 19.0 Å². The summed E-state index contributed by atoms with van der Waals surface area (Å²) in [6.07, 6.45) is 3.76. The fourth-order valence-corrected chi connectivity index (χ4v) is 4.24. The van der Waals surface area contributed by atoms with Gasteiger partial charge in [0, 0.05) is 35.8 Å². The molecule has 174 valence electrons. The Morgan fingerprint density at radius 2 is 1.91 bits per heavy atom. The van der Waals surface area contributed by atoms with E-state index >= 15 is 0 Å². The van der Waals surface area contributed by atoms with Crippen LogP contribution in [0.5, 0.6) is 11.5 Å². The van der Waals surface area contributed by atoms with Crippen LogP contribution in [0.2, 0.25) is 0 Å². The Morgan fingerprint density at radius 3 is 2.64 bits per heavy atom. The van der Waals surface area contributed by atoms with E-state index in [2.05, 4.69) is 33.4 Å². The highest BCUT2D eigenvalue weighted by atomic mass is 19.3. The molecule has 1 saturated heterocycles. The van der Waals surface area contributed by atoms with Crippen molar-refractivity contribution < 1.29 is 27.8 Å². The predicted molar refractivity (Wildman–Crippen MR) is 119 cm³/mol. The average molecular weight is 457 g/mol. The molecule has 4 rings (SSSR count). The Hall–Kier alpha value is -3.62. The number of methoxy groups -OCH3 is 1. The number of likely N-dealkylation sites (tertiary alicyclic amines) is 1. The molecule has 0 bridgehead atoms. The number of aromatic nitrogens is 1. The molecule has 3 aromatic rings. The average Bonchev–Trinajstić information content (AvgIpc) is 3.26. The fourth-order valence-electron chi connectivity index (χ4n) is 4.24.